The van der Waals surface area contributed by atoms with Crippen molar-refractivity contribution in [3.05, 3.63) is 57.3 Å². The summed E-state index contributed by atoms with van der Waals surface area (Å²) >= 11 is 3.22. The number of carbonyl (C=O) groups excluding carboxylic acids is 1. The molecule has 0 saturated heterocycles. The predicted octanol–water partition coefficient (Wildman–Crippen LogP) is 4.78. The first-order valence-electron chi connectivity index (χ1n) is 7.67. The number of nitrogens with zero attached hydrogens (tertiary/aromatic N) is 1. The molecule has 2 aromatic rings. The molecule has 0 unspecified atom stereocenters. The molecule has 25 heavy (non-hydrogen) atoms. The van der Waals surface area contributed by atoms with E-state index in [1.54, 1.807) is 18.7 Å². The van der Waals surface area contributed by atoms with E-state index in [2.05, 4.69) is 17.5 Å². The van der Waals surface area contributed by atoms with E-state index in [0.717, 1.165) is 28.5 Å². The standard InChI is InChI=1S/C17H18F2N2O2S2/c1-3-23-17(22)21-20-16(13-7-5-11(18)9-14(13)19)15-8-6-12(25-15)10-24-4-2/h5-9H,3-4,10H2,1-2H3,(H,21,22). The molecule has 0 radical (unpaired) electrons. The molecule has 2 rings (SSSR count). The van der Waals surface area contributed by atoms with Gasteiger partial charge in [-0.3, -0.25) is 0 Å². The summed E-state index contributed by atoms with van der Waals surface area (Å²) in [4.78, 5) is 13.3. The molecule has 1 aromatic heterocycles. The van der Waals surface area contributed by atoms with Gasteiger partial charge in [0, 0.05) is 22.3 Å². The second-order valence-electron chi connectivity index (χ2n) is 4.82. The quantitative estimate of drug-likeness (QED) is 0.552. The summed E-state index contributed by atoms with van der Waals surface area (Å²) < 4.78 is 32.2. The highest BCUT2D eigenvalue weighted by Crippen LogP contribution is 2.25. The summed E-state index contributed by atoms with van der Waals surface area (Å²) in [6, 6.07) is 6.99. The molecule has 1 heterocycles. The number of hydrogen-bond acceptors (Lipinski definition) is 5. The highest BCUT2D eigenvalue weighted by molar-refractivity contribution is 7.98. The number of thioether (sulfide) groups is 1. The largest absolute Gasteiger partial charge is 0.449 e. The van der Waals surface area contributed by atoms with Crippen LogP contribution in [-0.4, -0.2) is 24.2 Å². The van der Waals surface area contributed by atoms with Crippen LogP contribution in [0.2, 0.25) is 0 Å². The molecule has 0 aliphatic carbocycles. The van der Waals surface area contributed by atoms with E-state index in [-0.39, 0.29) is 17.9 Å². The molecule has 0 spiro atoms. The molecule has 1 amide bonds. The van der Waals surface area contributed by atoms with Gasteiger partial charge in [0.05, 0.1) is 11.5 Å². The first kappa shape index (κ1) is 19.4. The Morgan fingerprint density at radius 1 is 1.28 bits per heavy atom. The molecule has 1 aromatic carbocycles. The maximum Gasteiger partial charge on any atom is 0.427 e. The van der Waals surface area contributed by atoms with Crippen LogP contribution in [0.3, 0.4) is 0 Å². The Labute approximate surface area is 153 Å². The average molecular weight is 384 g/mol. The van der Waals surface area contributed by atoms with Crippen LogP contribution >= 0.6 is 23.1 Å². The monoisotopic (exact) mass is 384 g/mol. The lowest BCUT2D eigenvalue weighted by Gasteiger charge is -2.07. The van der Waals surface area contributed by atoms with E-state index in [0.29, 0.717) is 4.88 Å². The molecule has 0 aliphatic heterocycles. The lowest BCUT2D eigenvalue weighted by molar-refractivity contribution is 0.152. The van der Waals surface area contributed by atoms with Crippen molar-refractivity contribution in [3.8, 4) is 0 Å². The van der Waals surface area contributed by atoms with Gasteiger partial charge in [0.1, 0.15) is 17.3 Å². The van der Waals surface area contributed by atoms with Crippen LogP contribution in [0.15, 0.2) is 35.4 Å². The first-order chi connectivity index (χ1) is 12.0. The van der Waals surface area contributed by atoms with Crippen LogP contribution in [-0.2, 0) is 10.5 Å². The van der Waals surface area contributed by atoms with Gasteiger partial charge in [0.25, 0.3) is 0 Å². The molecule has 4 nitrogen and oxygen atoms in total. The Hall–Kier alpha value is -1.93. The predicted molar refractivity (Wildman–Crippen MR) is 98.3 cm³/mol. The minimum atomic E-state index is -0.748. The number of ether oxygens (including phenoxy) is 1. The number of hydrazone groups is 1. The zero-order chi connectivity index (χ0) is 18.2. The van der Waals surface area contributed by atoms with E-state index >= 15 is 0 Å². The van der Waals surface area contributed by atoms with Crippen LogP contribution in [0.1, 0.15) is 29.2 Å². The Morgan fingerprint density at radius 2 is 2.08 bits per heavy atom. The van der Waals surface area contributed by atoms with Crippen molar-refractivity contribution in [2.24, 2.45) is 5.10 Å². The van der Waals surface area contributed by atoms with Gasteiger partial charge in [-0.1, -0.05) is 6.92 Å². The maximum absolute atomic E-state index is 14.2. The molecule has 0 fully saturated rings. The van der Waals surface area contributed by atoms with Crippen molar-refractivity contribution in [1.29, 1.82) is 0 Å². The van der Waals surface area contributed by atoms with E-state index in [4.69, 9.17) is 4.74 Å². The van der Waals surface area contributed by atoms with Crippen LogP contribution in [0.4, 0.5) is 13.6 Å². The smallest absolute Gasteiger partial charge is 0.427 e. The average Bonchev–Trinajstić information content (AvgIpc) is 3.03. The van der Waals surface area contributed by atoms with E-state index in [1.807, 2.05) is 12.1 Å². The van der Waals surface area contributed by atoms with E-state index in [1.165, 1.54) is 17.4 Å². The number of hydrogen-bond donors (Lipinski definition) is 1. The topological polar surface area (TPSA) is 50.7 Å². The van der Waals surface area contributed by atoms with Crippen molar-refractivity contribution in [2.45, 2.75) is 19.6 Å². The number of nitrogens with one attached hydrogen (secondary N) is 1. The second-order valence-corrected chi connectivity index (χ2v) is 7.26. The van der Waals surface area contributed by atoms with Crippen molar-refractivity contribution in [2.75, 3.05) is 12.4 Å². The van der Waals surface area contributed by atoms with Gasteiger partial charge >= 0.3 is 6.09 Å². The first-order valence-corrected chi connectivity index (χ1v) is 9.65. The Bertz CT molecular complexity index is 763. The number of halogens is 2. The van der Waals surface area contributed by atoms with Crippen LogP contribution in [0, 0.1) is 11.6 Å². The Kier molecular flexibility index (Phi) is 7.39. The minimum absolute atomic E-state index is 0.106. The molecule has 8 heteroatoms. The van der Waals surface area contributed by atoms with Crippen LogP contribution < -0.4 is 5.43 Å². The normalized spacial score (nSPS) is 11.4. The molecule has 0 aliphatic rings. The minimum Gasteiger partial charge on any atom is -0.449 e. The Morgan fingerprint density at radius 3 is 2.76 bits per heavy atom. The van der Waals surface area contributed by atoms with Crippen LogP contribution in [0.5, 0.6) is 0 Å². The van der Waals surface area contributed by atoms with Crippen molar-refractivity contribution in [1.82, 2.24) is 5.43 Å². The number of thiophene rings is 1. The van der Waals surface area contributed by atoms with Gasteiger partial charge in [-0.05, 0) is 36.9 Å². The number of rotatable bonds is 7. The summed E-state index contributed by atoms with van der Waals surface area (Å²) in [5.74, 6) is 0.407. The van der Waals surface area contributed by atoms with E-state index in [9.17, 15) is 13.6 Å². The van der Waals surface area contributed by atoms with Gasteiger partial charge in [-0.15, -0.1) is 11.3 Å². The molecule has 0 saturated carbocycles. The third-order valence-corrected chi connectivity index (χ3v) is 5.26. The summed E-state index contributed by atoms with van der Waals surface area (Å²) in [5, 5.41) is 4.00. The fourth-order valence-corrected chi connectivity index (χ4v) is 3.77. The van der Waals surface area contributed by atoms with Gasteiger partial charge in [0.15, 0.2) is 0 Å². The SMILES string of the molecule is CCOC(=O)NN=C(c1ccc(CSCC)s1)c1ccc(F)cc1F. The molecule has 134 valence electrons. The lowest BCUT2D eigenvalue weighted by atomic mass is 10.1. The van der Waals surface area contributed by atoms with Crippen molar-refractivity contribution in [3.63, 3.8) is 0 Å². The fraction of sp³-hybridized carbons (Fsp3) is 0.294. The van der Waals surface area contributed by atoms with Crippen LogP contribution in [0.25, 0.3) is 0 Å². The molecule has 1 N–H and O–H groups in total. The summed E-state index contributed by atoms with van der Waals surface area (Å²) in [5.41, 5.74) is 2.57. The van der Waals surface area contributed by atoms with Gasteiger partial charge < -0.3 is 4.74 Å². The van der Waals surface area contributed by atoms with Gasteiger partial charge in [-0.2, -0.15) is 16.9 Å². The second kappa shape index (κ2) is 9.53. The number of carbonyl (C=O) groups is 1. The third kappa shape index (κ3) is 5.54. The summed E-state index contributed by atoms with van der Waals surface area (Å²) in [7, 11) is 0. The highest BCUT2D eigenvalue weighted by atomic mass is 32.2. The summed E-state index contributed by atoms with van der Waals surface area (Å²) in [6.07, 6.45) is -0.735. The Balaban J connectivity index is 2.36. The third-order valence-electron chi connectivity index (χ3n) is 3.06. The zero-order valence-corrected chi connectivity index (χ0v) is 15.5. The molecule has 0 atom stereocenters. The molecule has 0 bridgehead atoms. The number of amides is 1. The fourth-order valence-electron chi connectivity index (χ4n) is 1.98. The summed E-state index contributed by atoms with van der Waals surface area (Å²) in [6.45, 7) is 3.93. The number of benzene rings is 1. The molecular weight excluding hydrogens is 366 g/mol. The lowest BCUT2D eigenvalue weighted by Crippen LogP contribution is -2.21. The van der Waals surface area contributed by atoms with E-state index < -0.39 is 17.7 Å². The zero-order valence-electron chi connectivity index (χ0n) is 13.8. The van der Waals surface area contributed by atoms with Crippen molar-refractivity contribution < 1.29 is 18.3 Å². The maximum atomic E-state index is 14.2. The van der Waals surface area contributed by atoms with Crippen molar-refractivity contribution >= 4 is 34.9 Å². The molecular formula is C17H18F2N2O2S2. The van der Waals surface area contributed by atoms with Gasteiger partial charge in [-0.25, -0.2) is 19.0 Å². The highest BCUT2D eigenvalue weighted by Gasteiger charge is 2.16. The van der Waals surface area contributed by atoms with Gasteiger partial charge in [0.2, 0.25) is 0 Å².